The van der Waals surface area contributed by atoms with Crippen LogP contribution in [0.4, 0.5) is 0 Å². The van der Waals surface area contributed by atoms with Crippen LogP contribution in [0.3, 0.4) is 0 Å². The molecule has 5 heteroatoms. The molecule has 2 heterocycles. The Balaban J connectivity index is 1.89. The van der Waals surface area contributed by atoms with Crippen molar-refractivity contribution in [3.63, 3.8) is 0 Å². The number of likely N-dealkylation sites (N-methyl/N-ethyl adjacent to an activating group) is 1. The molecule has 0 N–H and O–H groups in total. The lowest BCUT2D eigenvalue weighted by Gasteiger charge is -2.50. The Hall–Kier alpha value is -1.16. The van der Waals surface area contributed by atoms with Gasteiger partial charge in [0.25, 0.3) is 0 Å². The number of hydrogen-bond acceptors (Lipinski definition) is 3. The molecule has 0 saturated heterocycles. The minimum absolute atomic E-state index is 0.0115. The van der Waals surface area contributed by atoms with Crippen LogP contribution < -0.4 is 0 Å². The molecule has 1 aliphatic carbocycles. The van der Waals surface area contributed by atoms with Crippen molar-refractivity contribution in [1.82, 2.24) is 14.9 Å². The van der Waals surface area contributed by atoms with E-state index in [-0.39, 0.29) is 10.8 Å². The summed E-state index contributed by atoms with van der Waals surface area (Å²) in [5.74, 6) is 0. The molecule has 3 nitrogen and oxygen atoms in total. The third-order valence-electron chi connectivity index (χ3n) is 5.37. The third kappa shape index (κ3) is 2.37. The predicted octanol–water partition coefficient (Wildman–Crippen LogP) is 4.39. The molecule has 1 aromatic heterocycles. The van der Waals surface area contributed by atoms with Gasteiger partial charge in [0, 0.05) is 18.5 Å². The first kappa shape index (κ1) is 15.4. The Morgan fingerprint density at radius 2 is 2.04 bits per heavy atom. The van der Waals surface area contributed by atoms with Crippen molar-refractivity contribution in [3.8, 4) is 0 Å². The van der Waals surface area contributed by atoms with Gasteiger partial charge in [-0.25, -0.2) is 9.97 Å². The summed E-state index contributed by atoms with van der Waals surface area (Å²) in [7, 11) is 0. The zero-order chi connectivity index (χ0) is 16.0. The van der Waals surface area contributed by atoms with Gasteiger partial charge in [0.15, 0.2) is 0 Å². The molecule has 1 aliphatic heterocycles. The molecule has 4 rings (SSSR count). The maximum absolute atomic E-state index is 6.34. The van der Waals surface area contributed by atoms with Crippen LogP contribution in [0, 0.1) is 0 Å². The quantitative estimate of drug-likeness (QED) is 0.565. The van der Waals surface area contributed by atoms with Gasteiger partial charge in [-0.15, -0.1) is 0 Å². The second-order valence-corrected chi connectivity index (χ2v) is 7.14. The Morgan fingerprint density at radius 1 is 1.22 bits per heavy atom. The Bertz CT molecular complexity index is 762. The molecule has 0 radical (unpaired) electrons. The zero-order valence-electron chi connectivity index (χ0n) is 13.1. The molecule has 120 valence electrons. The molecule has 0 saturated carbocycles. The lowest BCUT2D eigenvalue weighted by molar-refractivity contribution is 0.0500. The van der Waals surface area contributed by atoms with Crippen LogP contribution in [0.1, 0.15) is 42.1 Å². The molecule has 0 amide bonds. The van der Waals surface area contributed by atoms with Gasteiger partial charge in [-0.3, -0.25) is 4.90 Å². The molecule has 1 spiro atoms. The largest absolute Gasteiger partial charge is 0.289 e. The van der Waals surface area contributed by atoms with E-state index in [2.05, 4.69) is 46.1 Å². The van der Waals surface area contributed by atoms with Crippen LogP contribution >= 0.6 is 23.2 Å². The topological polar surface area (TPSA) is 29.0 Å². The van der Waals surface area contributed by atoms with Crippen LogP contribution in [0.5, 0.6) is 0 Å². The highest BCUT2D eigenvalue weighted by Gasteiger charge is 2.45. The Morgan fingerprint density at radius 3 is 2.87 bits per heavy atom. The number of aromatic nitrogens is 2. The van der Waals surface area contributed by atoms with Gasteiger partial charge in [-0.1, -0.05) is 42.8 Å². The molecular formula is C18H19Cl2N3. The van der Waals surface area contributed by atoms with Crippen molar-refractivity contribution in [2.24, 2.45) is 0 Å². The average Bonchev–Trinajstić information content (AvgIpc) is 2.54. The lowest BCUT2D eigenvalue weighted by atomic mass is 9.70. The predicted molar refractivity (Wildman–Crippen MR) is 92.9 cm³/mol. The highest BCUT2D eigenvalue weighted by molar-refractivity contribution is 6.32. The van der Waals surface area contributed by atoms with Gasteiger partial charge in [0.1, 0.15) is 5.15 Å². The molecule has 23 heavy (non-hydrogen) atoms. The van der Waals surface area contributed by atoms with E-state index in [1.54, 1.807) is 0 Å². The minimum Gasteiger partial charge on any atom is -0.289 e. The van der Waals surface area contributed by atoms with Crippen molar-refractivity contribution in [1.29, 1.82) is 0 Å². The Kier molecular flexibility index (Phi) is 3.83. The van der Waals surface area contributed by atoms with Gasteiger partial charge in [0.2, 0.25) is 5.28 Å². The van der Waals surface area contributed by atoms with Crippen LogP contribution in [0.2, 0.25) is 10.4 Å². The number of benzene rings is 1. The van der Waals surface area contributed by atoms with Crippen molar-refractivity contribution in [2.45, 2.75) is 44.7 Å². The number of aryl methyl sites for hydroxylation is 1. The summed E-state index contributed by atoms with van der Waals surface area (Å²) in [6, 6.07) is 8.84. The molecule has 0 unspecified atom stereocenters. The SMILES string of the molecule is CCN1Cc2c(Cl)nc(Cl)nc2C[C@]12CCCc1ccccc12. The Labute approximate surface area is 146 Å². The van der Waals surface area contributed by atoms with Gasteiger partial charge < -0.3 is 0 Å². The number of hydrogen-bond donors (Lipinski definition) is 0. The molecule has 1 aromatic carbocycles. The molecule has 1 atom stereocenters. The third-order valence-corrected chi connectivity index (χ3v) is 5.85. The summed E-state index contributed by atoms with van der Waals surface area (Å²) >= 11 is 12.4. The fourth-order valence-electron chi connectivity index (χ4n) is 4.33. The first-order valence-corrected chi connectivity index (χ1v) is 8.94. The second-order valence-electron chi connectivity index (χ2n) is 6.44. The van der Waals surface area contributed by atoms with E-state index in [0.717, 1.165) is 43.6 Å². The highest BCUT2D eigenvalue weighted by Crippen LogP contribution is 2.46. The monoisotopic (exact) mass is 347 g/mol. The number of nitrogens with zero attached hydrogens (tertiary/aromatic N) is 3. The van der Waals surface area contributed by atoms with Crippen molar-refractivity contribution in [3.05, 3.63) is 57.1 Å². The summed E-state index contributed by atoms with van der Waals surface area (Å²) in [5.41, 5.74) is 4.97. The number of rotatable bonds is 1. The van der Waals surface area contributed by atoms with Gasteiger partial charge in [-0.2, -0.15) is 0 Å². The average molecular weight is 348 g/mol. The highest BCUT2D eigenvalue weighted by atomic mass is 35.5. The molecule has 2 aromatic rings. The van der Waals surface area contributed by atoms with Gasteiger partial charge in [-0.05, 0) is 48.5 Å². The van der Waals surface area contributed by atoms with Crippen LogP contribution in [0.25, 0.3) is 0 Å². The van der Waals surface area contributed by atoms with Crippen molar-refractivity contribution in [2.75, 3.05) is 6.54 Å². The second kappa shape index (κ2) is 5.73. The van der Waals surface area contributed by atoms with Crippen LogP contribution in [0.15, 0.2) is 24.3 Å². The summed E-state index contributed by atoms with van der Waals surface area (Å²) < 4.78 is 0. The lowest BCUT2D eigenvalue weighted by Crippen LogP contribution is -2.52. The standard InChI is InChI=1S/C18H19Cl2N3/c1-2-23-11-13-15(21-17(20)22-16(13)19)10-18(23)9-5-7-12-6-3-4-8-14(12)18/h3-4,6,8H,2,5,7,9-11H2,1H3/t18-/m0/s1. The number of fused-ring (bicyclic) bond motifs is 3. The first-order valence-electron chi connectivity index (χ1n) is 8.18. The first-order chi connectivity index (χ1) is 11.1. The minimum atomic E-state index is 0.0115. The maximum Gasteiger partial charge on any atom is 0.224 e. The molecule has 0 fully saturated rings. The van der Waals surface area contributed by atoms with Crippen molar-refractivity contribution >= 4 is 23.2 Å². The van der Waals surface area contributed by atoms with Gasteiger partial charge >= 0.3 is 0 Å². The molecule has 0 bridgehead atoms. The summed E-state index contributed by atoms with van der Waals surface area (Å²) in [5, 5.41) is 0.746. The van der Waals surface area contributed by atoms with E-state index < -0.39 is 0 Å². The molecular weight excluding hydrogens is 329 g/mol. The fourth-order valence-corrected chi connectivity index (χ4v) is 4.81. The number of halogens is 2. The van der Waals surface area contributed by atoms with Crippen LogP contribution in [-0.2, 0) is 24.9 Å². The van der Waals surface area contributed by atoms with E-state index in [0.29, 0.717) is 5.15 Å². The smallest absolute Gasteiger partial charge is 0.224 e. The normalized spacial score (nSPS) is 23.6. The summed E-state index contributed by atoms with van der Waals surface area (Å²) in [6.07, 6.45) is 4.37. The summed E-state index contributed by atoms with van der Waals surface area (Å²) in [6.45, 7) is 3.98. The van der Waals surface area contributed by atoms with Gasteiger partial charge in [0.05, 0.1) is 11.2 Å². The molecule has 2 aliphatic rings. The fraction of sp³-hybridized carbons (Fsp3) is 0.444. The van der Waals surface area contributed by atoms with E-state index in [1.165, 1.54) is 17.5 Å². The van der Waals surface area contributed by atoms with Crippen LogP contribution in [-0.4, -0.2) is 21.4 Å². The maximum atomic E-state index is 6.34. The zero-order valence-corrected chi connectivity index (χ0v) is 14.7. The van der Waals surface area contributed by atoms with E-state index in [4.69, 9.17) is 23.2 Å². The van der Waals surface area contributed by atoms with E-state index in [1.807, 2.05) is 0 Å². The summed E-state index contributed by atoms with van der Waals surface area (Å²) in [4.78, 5) is 11.2. The van der Waals surface area contributed by atoms with E-state index >= 15 is 0 Å². The van der Waals surface area contributed by atoms with E-state index in [9.17, 15) is 0 Å². The van der Waals surface area contributed by atoms with Crippen molar-refractivity contribution < 1.29 is 0 Å².